The summed E-state index contributed by atoms with van der Waals surface area (Å²) in [7, 11) is 0. The van der Waals surface area contributed by atoms with E-state index in [-0.39, 0.29) is 5.41 Å². The fraction of sp³-hybridized carbons (Fsp3) is 0.677. The van der Waals surface area contributed by atoms with Gasteiger partial charge >= 0.3 is 0 Å². The predicted octanol–water partition coefficient (Wildman–Crippen LogP) is 9.84. The third-order valence-corrected chi connectivity index (χ3v) is 8.94. The highest BCUT2D eigenvalue weighted by Crippen LogP contribution is 2.59. The lowest BCUT2D eigenvalue weighted by Gasteiger charge is -2.46. The maximum absolute atomic E-state index is 2.69. The molecule has 5 rings (SSSR count). The van der Waals surface area contributed by atoms with E-state index in [1.54, 1.807) is 11.1 Å². The summed E-state index contributed by atoms with van der Waals surface area (Å²) in [6, 6.07) is 0. The van der Waals surface area contributed by atoms with Crippen LogP contribution < -0.4 is 0 Å². The summed E-state index contributed by atoms with van der Waals surface area (Å²) in [5.74, 6) is 0. The molecule has 0 N–H and O–H groups in total. The van der Waals surface area contributed by atoms with Crippen molar-refractivity contribution in [3.8, 4) is 0 Å². The summed E-state index contributed by atoms with van der Waals surface area (Å²) in [5, 5.41) is 0. The lowest BCUT2D eigenvalue weighted by molar-refractivity contribution is 0.404. The summed E-state index contributed by atoms with van der Waals surface area (Å²) in [4.78, 5) is 0. The van der Waals surface area contributed by atoms with E-state index >= 15 is 0 Å². The summed E-state index contributed by atoms with van der Waals surface area (Å²) in [6.07, 6.45) is 38.1. The van der Waals surface area contributed by atoms with Crippen molar-refractivity contribution in [2.45, 2.75) is 128 Å². The van der Waals surface area contributed by atoms with Gasteiger partial charge in [0.2, 0.25) is 0 Å². The molecule has 0 saturated carbocycles. The summed E-state index contributed by atoms with van der Waals surface area (Å²) in [6.45, 7) is 0. The average Bonchev–Trinajstić information content (AvgIpc) is 3.20. The van der Waals surface area contributed by atoms with Gasteiger partial charge in [0, 0.05) is 5.41 Å². The van der Waals surface area contributed by atoms with E-state index in [1.165, 1.54) is 128 Å². The Hall–Kier alpha value is -1.30. The monoisotopic (exact) mass is 416 g/mol. The Morgan fingerprint density at radius 2 is 1.10 bits per heavy atom. The smallest absolute Gasteiger partial charge is 0.0376 e. The molecule has 0 aliphatic heterocycles. The third kappa shape index (κ3) is 4.34. The topological polar surface area (TPSA) is 0 Å². The SMILES string of the molecule is C1=C(/C2=C(\C3=CCCCC3)C(C3=CCC3)(C3=CCCC3)CCCCCC2)CCCCC1. The van der Waals surface area contributed by atoms with Gasteiger partial charge in [0.1, 0.15) is 0 Å². The van der Waals surface area contributed by atoms with Crippen molar-refractivity contribution < 1.29 is 0 Å². The molecule has 0 heteroatoms. The quantitative estimate of drug-likeness (QED) is 0.400. The molecule has 1 unspecified atom stereocenters. The number of hydrogen-bond acceptors (Lipinski definition) is 0. The van der Waals surface area contributed by atoms with E-state index in [0.29, 0.717) is 0 Å². The first-order valence-corrected chi connectivity index (χ1v) is 13.9. The second-order valence-corrected chi connectivity index (χ2v) is 10.9. The van der Waals surface area contributed by atoms with E-state index in [9.17, 15) is 0 Å². The maximum atomic E-state index is 2.69. The van der Waals surface area contributed by atoms with Crippen molar-refractivity contribution in [3.05, 3.63) is 57.7 Å². The van der Waals surface area contributed by atoms with Gasteiger partial charge in [-0.15, -0.1) is 0 Å². The van der Waals surface area contributed by atoms with Gasteiger partial charge < -0.3 is 0 Å². The zero-order valence-corrected chi connectivity index (χ0v) is 20.0. The second-order valence-electron chi connectivity index (χ2n) is 10.9. The van der Waals surface area contributed by atoms with Crippen LogP contribution in [0.15, 0.2) is 57.7 Å². The molecule has 1 atom stereocenters. The second kappa shape index (κ2) is 10.1. The van der Waals surface area contributed by atoms with E-state index in [0.717, 1.165) is 0 Å². The minimum absolute atomic E-state index is 0.255. The van der Waals surface area contributed by atoms with Crippen LogP contribution in [0.25, 0.3) is 0 Å². The highest BCUT2D eigenvalue weighted by molar-refractivity contribution is 5.58. The van der Waals surface area contributed by atoms with Crippen LogP contribution in [0.4, 0.5) is 0 Å². The number of hydrogen-bond donors (Lipinski definition) is 0. The van der Waals surface area contributed by atoms with E-state index in [2.05, 4.69) is 24.3 Å². The van der Waals surface area contributed by atoms with E-state index in [1.807, 2.05) is 22.3 Å². The Kier molecular flexibility index (Phi) is 7.02. The minimum atomic E-state index is 0.255. The third-order valence-electron chi connectivity index (χ3n) is 8.94. The summed E-state index contributed by atoms with van der Waals surface area (Å²) >= 11 is 0. The van der Waals surface area contributed by atoms with Crippen LogP contribution in [0, 0.1) is 5.41 Å². The first-order chi connectivity index (χ1) is 15.4. The Morgan fingerprint density at radius 3 is 1.84 bits per heavy atom. The number of allylic oxidation sites excluding steroid dienone is 10. The Balaban J connectivity index is 1.75. The van der Waals surface area contributed by atoms with Gasteiger partial charge in [-0.2, -0.15) is 0 Å². The molecule has 0 aromatic heterocycles. The Labute approximate surface area is 191 Å². The van der Waals surface area contributed by atoms with Crippen molar-refractivity contribution in [1.82, 2.24) is 0 Å². The molecular formula is C31H44. The molecule has 0 fully saturated rings. The lowest BCUT2D eigenvalue weighted by Crippen LogP contribution is -2.33. The molecule has 0 spiro atoms. The molecule has 0 radical (unpaired) electrons. The normalized spacial score (nSPS) is 33.0. The van der Waals surface area contributed by atoms with Gasteiger partial charge in [0.25, 0.3) is 0 Å². The highest BCUT2D eigenvalue weighted by atomic mass is 14.5. The fourth-order valence-corrected chi connectivity index (χ4v) is 7.28. The van der Waals surface area contributed by atoms with Gasteiger partial charge in [0.05, 0.1) is 0 Å². The average molecular weight is 417 g/mol. The number of rotatable bonds is 4. The first kappa shape index (κ1) is 21.5. The summed E-state index contributed by atoms with van der Waals surface area (Å²) in [5.41, 5.74) is 11.1. The van der Waals surface area contributed by atoms with Gasteiger partial charge in [-0.1, -0.05) is 61.1 Å². The predicted molar refractivity (Wildman–Crippen MR) is 134 cm³/mol. The van der Waals surface area contributed by atoms with Crippen molar-refractivity contribution >= 4 is 0 Å². The first-order valence-electron chi connectivity index (χ1n) is 13.9. The zero-order valence-electron chi connectivity index (χ0n) is 20.0. The van der Waals surface area contributed by atoms with Gasteiger partial charge in [-0.25, -0.2) is 0 Å². The van der Waals surface area contributed by atoms with Gasteiger partial charge in [0.15, 0.2) is 0 Å². The highest BCUT2D eigenvalue weighted by Gasteiger charge is 2.45. The molecule has 5 aliphatic carbocycles. The van der Waals surface area contributed by atoms with Crippen LogP contribution in [0.5, 0.6) is 0 Å². The minimum Gasteiger partial charge on any atom is -0.0841 e. The van der Waals surface area contributed by atoms with Crippen LogP contribution in [0.1, 0.15) is 128 Å². The molecule has 0 aromatic carbocycles. The van der Waals surface area contributed by atoms with Crippen LogP contribution in [-0.4, -0.2) is 0 Å². The molecule has 168 valence electrons. The zero-order chi connectivity index (χ0) is 20.9. The lowest BCUT2D eigenvalue weighted by atomic mass is 9.57. The molecular weight excluding hydrogens is 372 g/mol. The largest absolute Gasteiger partial charge is 0.0841 e. The van der Waals surface area contributed by atoms with Crippen LogP contribution in [0.3, 0.4) is 0 Å². The van der Waals surface area contributed by atoms with Gasteiger partial charge in [-0.3, -0.25) is 0 Å². The maximum Gasteiger partial charge on any atom is 0.0376 e. The molecule has 0 bridgehead atoms. The molecule has 0 aromatic rings. The molecule has 0 nitrogen and oxygen atoms in total. The Morgan fingerprint density at radius 1 is 0.452 bits per heavy atom. The molecule has 0 saturated heterocycles. The van der Waals surface area contributed by atoms with E-state index in [4.69, 9.17) is 0 Å². The molecule has 31 heavy (non-hydrogen) atoms. The Bertz CT molecular complexity index is 811. The fourth-order valence-electron chi connectivity index (χ4n) is 7.28. The van der Waals surface area contributed by atoms with Gasteiger partial charge in [-0.05, 0) is 125 Å². The standard InChI is InChI=1S/C31H44/c1-2-7-16-25(15-6-1)29-23-10-3-4-13-24-31(28-21-14-22-28,27-19-11-12-20-27)30(29)26-17-8-5-9-18-26/h15,17,19,21H,1-14,16,18,20,22-24H2/b30-29+. The molecule has 0 heterocycles. The molecule has 0 amide bonds. The van der Waals surface area contributed by atoms with Crippen LogP contribution >= 0.6 is 0 Å². The van der Waals surface area contributed by atoms with Crippen molar-refractivity contribution in [2.24, 2.45) is 5.41 Å². The van der Waals surface area contributed by atoms with Crippen molar-refractivity contribution in [1.29, 1.82) is 0 Å². The molecule has 5 aliphatic rings. The van der Waals surface area contributed by atoms with Crippen LogP contribution in [-0.2, 0) is 0 Å². The van der Waals surface area contributed by atoms with Crippen molar-refractivity contribution in [3.63, 3.8) is 0 Å². The van der Waals surface area contributed by atoms with E-state index < -0.39 is 0 Å². The van der Waals surface area contributed by atoms with Crippen molar-refractivity contribution in [2.75, 3.05) is 0 Å². The summed E-state index contributed by atoms with van der Waals surface area (Å²) < 4.78 is 0. The van der Waals surface area contributed by atoms with Crippen LogP contribution in [0.2, 0.25) is 0 Å².